The predicted molar refractivity (Wildman–Crippen MR) is 105 cm³/mol. The first kappa shape index (κ1) is 20.9. The second kappa shape index (κ2) is 7.22. The Morgan fingerprint density at radius 3 is 2.43 bits per heavy atom. The van der Waals surface area contributed by atoms with Crippen molar-refractivity contribution in [2.24, 2.45) is 0 Å². The lowest BCUT2D eigenvalue weighted by molar-refractivity contribution is -0.121. The second-order valence-corrected chi connectivity index (χ2v) is 10.2. The number of ether oxygens (including phenoxy) is 1. The minimum Gasteiger partial charge on any atom is -0.493 e. The molecule has 0 atom stereocenters. The van der Waals surface area contributed by atoms with Crippen molar-refractivity contribution in [2.45, 2.75) is 29.4 Å². The molecule has 2 N–H and O–H groups in total. The van der Waals surface area contributed by atoms with E-state index in [9.17, 15) is 23.1 Å². The molecule has 2 aromatic rings. The number of hydrogen-bond donors (Lipinski definition) is 2. The Bertz CT molecular complexity index is 1090. The molecule has 7 nitrogen and oxygen atoms in total. The molecule has 0 spiro atoms. The first-order chi connectivity index (χ1) is 13.0. The molecule has 1 aliphatic carbocycles. The highest BCUT2D eigenvalue weighted by molar-refractivity contribution is 7.92. The largest absolute Gasteiger partial charge is 0.493 e. The second-order valence-electron chi connectivity index (χ2n) is 6.30. The number of methoxy groups -OCH3 is 1. The third kappa shape index (κ3) is 3.47. The molecule has 1 aliphatic rings. The lowest BCUT2D eigenvalue weighted by atomic mass is 9.95. The van der Waals surface area contributed by atoms with Crippen molar-refractivity contribution in [1.82, 2.24) is 4.72 Å². The van der Waals surface area contributed by atoms with Gasteiger partial charge in [-0.05, 0) is 37.5 Å². The molecular formula is C17H15Cl2NO6S2. The molecule has 0 saturated heterocycles. The molecule has 1 saturated carbocycles. The van der Waals surface area contributed by atoms with Gasteiger partial charge in [0.1, 0.15) is 5.56 Å². The maximum Gasteiger partial charge on any atom is 0.340 e. The number of carboxylic acids is 1. The fourth-order valence-corrected chi connectivity index (χ4v) is 6.32. The van der Waals surface area contributed by atoms with Crippen molar-refractivity contribution in [3.05, 3.63) is 44.2 Å². The summed E-state index contributed by atoms with van der Waals surface area (Å²) >= 11 is 12.8. The van der Waals surface area contributed by atoms with Crippen LogP contribution in [0.15, 0.2) is 22.4 Å². The summed E-state index contributed by atoms with van der Waals surface area (Å²) in [6, 6.07) is 4.67. The van der Waals surface area contributed by atoms with Gasteiger partial charge in [0.25, 0.3) is 10.0 Å². The number of aromatic carboxylic acids is 1. The number of aryl methyl sites for hydroxylation is 1. The highest BCUT2D eigenvalue weighted by Gasteiger charge is 2.53. The first-order valence-corrected chi connectivity index (χ1v) is 11.0. The van der Waals surface area contributed by atoms with E-state index < -0.39 is 27.3 Å². The normalized spacial score (nSPS) is 15.1. The van der Waals surface area contributed by atoms with Gasteiger partial charge in [0.2, 0.25) is 5.91 Å². The van der Waals surface area contributed by atoms with Crippen LogP contribution in [0, 0.1) is 6.92 Å². The van der Waals surface area contributed by atoms with Gasteiger partial charge in [-0.1, -0.05) is 29.3 Å². The molecule has 150 valence electrons. The smallest absolute Gasteiger partial charge is 0.340 e. The average Bonchev–Trinajstić information content (AvgIpc) is 3.31. The highest BCUT2D eigenvalue weighted by Crippen LogP contribution is 2.51. The molecule has 11 heteroatoms. The standard InChI is InChI=1S/C17H15Cl2NO6S2/c1-8-12(14(21)22)13(26-2)15(27-8)28(24,25)20-16(23)17(5-6-17)10-4-3-9(18)7-11(10)19/h3-4,7H,5-6H2,1-2H3,(H,20,23)(H,21,22). The maximum absolute atomic E-state index is 12.8. The molecule has 28 heavy (non-hydrogen) atoms. The Morgan fingerprint density at radius 2 is 1.93 bits per heavy atom. The minimum atomic E-state index is -4.35. The SMILES string of the molecule is COc1c(S(=O)(=O)NC(=O)C2(c3ccc(Cl)cc3Cl)CC2)sc(C)c1C(=O)O. The number of benzene rings is 1. The van der Waals surface area contributed by atoms with E-state index in [0.717, 1.165) is 11.3 Å². The molecule has 1 aromatic heterocycles. The number of amides is 1. The number of carbonyl (C=O) groups is 2. The van der Waals surface area contributed by atoms with Crippen LogP contribution < -0.4 is 9.46 Å². The molecule has 0 radical (unpaired) electrons. The van der Waals surface area contributed by atoms with Gasteiger partial charge in [-0.15, -0.1) is 11.3 Å². The number of rotatable bonds is 6. The van der Waals surface area contributed by atoms with Crippen LogP contribution in [0.2, 0.25) is 10.0 Å². The van der Waals surface area contributed by atoms with Gasteiger partial charge in [0.15, 0.2) is 9.96 Å². The number of carboxylic acid groups (broad SMARTS) is 1. The van der Waals surface area contributed by atoms with Crippen molar-refractivity contribution in [3.63, 3.8) is 0 Å². The van der Waals surface area contributed by atoms with E-state index in [4.69, 9.17) is 27.9 Å². The van der Waals surface area contributed by atoms with Crippen molar-refractivity contribution >= 4 is 56.4 Å². The van der Waals surface area contributed by atoms with Gasteiger partial charge in [-0.3, -0.25) is 4.79 Å². The first-order valence-electron chi connectivity index (χ1n) is 7.97. The Labute approximate surface area is 175 Å². The topological polar surface area (TPSA) is 110 Å². The number of thiophene rings is 1. The van der Waals surface area contributed by atoms with Gasteiger partial charge in [0, 0.05) is 14.9 Å². The molecule has 1 aromatic carbocycles. The summed E-state index contributed by atoms with van der Waals surface area (Å²) < 4.78 is 32.3. The Morgan fingerprint density at radius 1 is 1.29 bits per heavy atom. The van der Waals surface area contributed by atoms with Crippen LogP contribution in [-0.2, 0) is 20.2 Å². The fraction of sp³-hybridized carbons (Fsp3) is 0.294. The summed E-state index contributed by atoms with van der Waals surface area (Å²) in [4.78, 5) is 24.5. The predicted octanol–water partition coefficient (Wildman–Crippen LogP) is 3.61. The molecule has 1 amide bonds. The van der Waals surface area contributed by atoms with Crippen LogP contribution in [0.25, 0.3) is 0 Å². The molecule has 0 bridgehead atoms. The Kier molecular flexibility index (Phi) is 5.39. The summed E-state index contributed by atoms with van der Waals surface area (Å²) in [6.07, 6.45) is 0.855. The summed E-state index contributed by atoms with van der Waals surface area (Å²) in [5.41, 5.74) is -0.821. The third-order valence-corrected chi connectivity index (χ3v) is 8.00. The van der Waals surface area contributed by atoms with E-state index >= 15 is 0 Å². The Balaban J connectivity index is 1.96. The van der Waals surface area contributed by atoms with Gasteiger partial charge >= 0.3 is 5.97 Å². The summed E-state index contributed by atoms with van der Waals surface area (Å²) in [5, 5.41) is 9.97. The lowest BCUT2D eigenvalue weighted by Crippen LogP contribution is -2.38. The van der Waals surface area contributed by atoms with Crippen LogP contribution in [0.4, 0.5) is 0 Å². The molecule has 1 heterocycles. The van der Waals surface area contributed by atoms with Crippen molar-refractivity contribution in [3.8, 4) is 5.75 Å². The number of carbonyl (C=O) groups excluding carboxylic acids is 1. The van der Waals surface area contributed by atoms with Crippen LogP contribution in [0.3, 0.4) is 0 Å². The van der Waals surface area contributed by atoms with Gasteiger partial charge in [-0.2, -0.15) is 0 Å². The van der Waals surface area contributed by atoms with E-state index in [1.54, 1.807) is 12.1 Å². The molecular weight excluding hydrogens is 449 g/mol. The van der Waals surface area contributed by atoms with E-state index in [1.165, 1.54) is 20.1 Å². The van der Waals surface area contributed by atoms with Gasteiger partial charge in [0.05, 0.1) is 12.5 Å². The maximum atomic E-state index is 12.8. The number of nitrogens with one attached hydrogen (secondary N) is 1. The third-order valence-electron chi connectivity index (χ3n) is 4.53. The zero-order valence-electron chi connectivity index (χ0n) is 14.7. The molecule has 0 aliphatic heterocycles. The zero-order chi connectivity index (χ0) is 20.9. The number of hydrogen-bond acceptors (Lipinski definition) is 6. The summed E-state index contributed by atoms with van der Waals surface area (Å²) in [5.74, 6) is -2.35. The lowest BCUT2D eigenvalue weighted by Gasteiger charge is -2.17. The monoisotopic (exact) mass is 463 g/mol. The van der Waals surface area contributed by atoms with E-state index in [-0.39, 0.29) is 25.4 Å². The average molecular weight is 464 g/mol. The number of sulfonamides is 1. The molecule has 0 unspecified atom stereocenters. The van der Waals surface area contributed by atoms with E-state index in [0.29, 0.717) is 23.4 Å². The van der Waals surface area contributed by atoms with E-state index in [2.05, 4.69) is 0 Å². The number of halogens is 2. The van der Waals surface area contributed by atoms with E-state index in [1.807, 2.05) is 4.72 Å². The van der Waals surface area contributed by atoms with Gasteiger partial charge in [-0.25, -0.2) is 17.9 Å². The van der Waals surface area contributed by atoms with Crippen LogP contribution >= 0.6 is 34.5 Å². The van der Waals surface area contributed by atoms with Crippen molar-refractivity contribution in [1.29, 1.82) is 0 Å². The van der Waals surface area contributed by atoms with Crippen molar-refractivity contribution in [2.75, 3.05) is 7.11 Å². The molecule has 1 fully saturated rings. The van der Waals surface area contributed by atoms with Crippen LogP contribution in [0.5, 0.6) is 5.75 Å². The fourth-order valence-electron chi connectivity index (χ4n) is 3.00. The molecule has 3 rings (SSSR count). The Hall–Kier alpha value is -1.81. The van der Waals surface area contributed by atoms with Crippen LogP contribution in [-0.4, -0.2) is 32.5 Å². The minimum absolute atomic E-state index is 0.248. The summed E-state index contributed by atoms with van der Waals surface area (Å²) in [7, 11) is -3.18. The van der Waals surface area contributed by atoms with Crippen LogP contribution in [0.1, 0.15) is 33.6 Å². The zero-order valence-corrected chi connectivity index (χ0v) is 17.9. The van der Waals surface area contributed by atoms with Gasteiger partial charge < -0.3 is 9.84 Å². The quantitative estimate of drug-likeness (QED) is 0.676. The van der Waals surface area contributed by atoms with Crippen molar-refractivity contribution < 1.29 is 27.9 Å². The summed E-state index contributed by atoms with van der Waals surface area (Å²) in [6.45, 7) is 1.47. The highest BCUT2D eigenvalue weighted by atomic mass is 35.5.